The fraction of sp³-hybridized carbons (Fsp3) is 0.333. The van der Waals surface area contributed by atoms with Crippen LogP contribution in [0.4, 0.5) is 0 Å². The number of hydrogen-bond acceptors (Lipinski definition) is 1. The average molecular weight is 268 g/mol. The van der Waals surface area contributed by atoms with Gasteiger partial charge in [-0.05, 0) is 19.9 Å². The molecule has 0 aliphatic heterocycles. The zero-order chi connectivity index (χ0) is 11.0. The maximum Gasteiger partial charge on any atom is 0.0935 e. The normalized spacial score (nSPS) is 15.5. The lowest BCUT2D eigenvalue weighted by molar-refractivity contribution is 0.182. The summed E-state index contributed by atoms with van der Waals surface area (Å²) in [6.07, 6.45) is -0.471. The topological polar surface area (TPSA) is 36.0 Å². The fourth-order valence-corrected chi connectivity index (χ4v) is 2.17. The predicted octanol–water partition coefficient (Wildman–Crippen LogP) is 3.29. The number of nitrogens with one attached hydrogen (secondary N) is 1. The van der Waals surface area contributed by atoms with Gasteiger partial charge >= 0.3 is 0 Å². The number of aromatic amines is 1. The van der Waals surface area contributed by atoms with Gasteiger partial charge < -0.3 is 10.1 Å². The molecule has 0 spiro atoms. The minimum atomic E-state index is -0.471. The largest absolute Gasteiger partial charge is 0.387 e. The lowest BCUT2D eigenvalue weighted by Crippen LogP contribution is -2.08. The second-order valence-electron chi connectivity index (χ2n) is 3.83. The van der Waals surface area contributed by atoms with Crippen LogP contribution in [0.25, 0.3) is 10.9 Å². The second kappa shape index (κ2) is 3.99. The molecule has 2 atom stereocenters. The van der Waals surface area contributed by atoms with Gasteiger partial charge in [0, 0.05) is 27.0 Å². The molecule has 0 bridgehead atoms. The average Bonchev–Trinajstić information content (AvgIpc) is 2.52. The Hall–Kier alpha value is -0.800. The molecule has 0 aliphatic carbocycles. The van der Waals surface area contributed by atoms with Crippen LogP contribution in [0.1, 0.15) is 24.3 Å². The lowest BCUT2D eigenvalue weighted by Gasteiger charge is -2.13. The summed E-state index contributed by atoms with van der Waals surface area (Å²) in [4.78, 5) is 3.33. The van der Waals surface area contributed by atoms with E-state index in [1.807, 2.05) is 38.1 Å². The zero-order valence-electron chi connectivity index (χ0n) is 8.79. The van der Waals surface area contributed by atoms with Crippen molar-refractivity contribution in [1.29, 1.82) is 0 Å². The molecule has 3 heteroatoms. The number of aryl methyl sites for hydroxylation is 1. The molecule has 2 nitrogen and oxygen atoms in total. The number of fused-ring (bicyclic) bond motifs is 1. The summed E-state index contributed by atoms with van der Waals surface area (Å²) >= 11 is 3.42. The summed E-state index contributed by atoms with van der Waals surface area (Å²) < 4.78 is 0. The van der Waals surface area contributed by atoms with E-state index in [0.717, 1.165) is 22.2 Å². The van der Waals surface area contributed by atoms with Gasteiger partial charge in [0.05, 0.1) is 6.10 Å². The summed E-state index contributed by atoms with van der Waals surface area (Å²) in [5, 5.41) is 11.2. The Labute approximate surface area is 97.4 Å². The van der Waals surface area contributed by atoms with Gasteiger partial charge in [-0.15, -0.1) is 0 Å². The van der Waals surface area contributed by atoms with Crippen LogP contribution in [0.2, 0.25) is 0 Å². The summed E-state index contributed by atoms with van der Waals surface area (Å²) in [5.74, 6) is 0. The number of aliphatic hydroxyl groups excluding tert-OH is 1. The Morgan fingerprint density at radius 1 is 1.33 bits per heavy atom. The number of rotatable bonds is 2. The first kappa shape index (κ1) is 10.7. The predicted molar refractivity (Wildman–Crippen MR) is 66.4 cm³/mol. The van der Waals surface area contributed by atoms with Gasteiger partial charge in [0.1, 0.15) is 0 Å². The third-order valence-corrected chi connectivity index (χ3v) is 3.18. The minimum Gasteiger partial charge on any atom is -0.387 e. The fourth-order valence-electron chi connectivity index (χ4n) is 1.91. The first-order valence-corrected chi connectivity index (χ1v) is 5.92. The van der Waals surface area contributed by atoms with Crippen LogP contribution < -0.4 is 0 Å². The van der Waals surface area contributed by atoms with Crippen LogP contribution in [0.3, 0.4) is 0 Å². The molecule has 0 saturated heterocycles. The van der Waals surface area contributed by atoms with Crippen LogP contribution in [-0.2, 0) is 0 Å². The van der Waals surface area contributed by atoms with Crippen molar-refractivity contribution in [2.24, 2.45) is 0 Å². The van der Waals surface area contributed by atoms with Gasteiger partial charge in [0.25, 0.3) is 0 Å². The van der Waals surface area contributed by atoms with Crippen molar-refractivity contribution >= 4 is 26.8 Å². The molecule has 15 heavy (non-hydrogen) atoms. The van der Waals surface area contributed by atoms with E-state index < -0.39 is 6.10 Å². The molecule has 0 aliphatic rings. The highest BCUT2D eigenvalue weighted by molar-refractivity contribution is 9.09. The maximum atomic E-state index is 10.1. The monoisotopic (exact) mass is 267 g/mol. The SMILES string of the molecule is Cc1[nH]c2ccccc2c1C(O)C(C)Br. The first-order valence-electron chi connectivity index (χ1n) is 5.00. The van der Waals surface area contributed by atoms with E-state index in [9.17, 15) is 5.11 Å². The molecule has 2 unspecified atom stereocenters. The van der Waals surface area contributed by atoms with E-state index in [0.29, 0.717) is 0 Å². The highest BCUT2D eigenvalue weighted by Crippen LogP contribution is 2.31. The van der Waals surface area contributed by atoms with Crippen LogP contribution in [0.5, 0.6) is 0 Å². The van der Waals surface area contributed by atoms with Gasteiger partial charge in [-0.1, -0.05) is 34.1 Å². The van der Waals surface area contributed by atoms with E-state index in [1.165, 1.54) is 0 Å². The van der Waals surface area contributed by atoms with E-state index in [-0.39, 0.29) is 4.83 Å². The molecule has 1 heterocycles. The number of H-pyrrole nitrogens is 1. The highest BCUT2D eigenvalue weighted by Gasteiger charge is 2.19. The molecular weight excluding hydrogens is 254 g/mol. The quantitative estimate of drug-likeness (QED) is 0.805. The Morgan fingerprint density at radius 3 is 2.67 bits per heavy atom. The van der Waals surface area contributed by atoms with Gasteiger partial charge in [-0.3, -0.25) is 0 Å². The number of aliphatic hydroxyl groups is 1. The zero-order valence-corrected chi connectivity index (χ0v) is 10.4. The number of alkyl halides is 1. The van der Waals surface area contributed by atoms with Crippen LogP contribution in [-0.4, -0.2) is 14.9 Å². The van der Waals surface area contributed by atoms with Gasteiger partial charge in [-0.2, -0.15) is 0 Å². The van der Waals surface area contributed by atoms with Crippen molar-refractivity contribution in [1.82, 2.24) is 4.98 Å². The first-order chi connectivity index (χ1) is 7.11. The molecule has 1 aromatic heterocycles. The van der Waals surface area contributed by atoms with E-state index in [4.69, 9.17) is 0 Å². The third-order valence-electron chi connectivity index (χ3n) is 2.67. The lowest BCUT2D eigenvalue weighted by atomic mass is 10.0. The van der Waals surface area contributed by atoms with Crippen LogP contribution in [0, 0.1) is 6.92 Å². The van der Waals surface area contributed by atoms with Crippen LogP contribution in [0.15, 0.2) is 24.3 Å². The van der Waals surface area contributed by atoms with Crippen molar-refractivity contribution < 1.29 is 5.11 Å². The molecule has 2 N–H and O–H groups in total. The summed E-state index contributed by atoms with van der Waals surface area (Å²) in [6, 6.07) is 8.04. The Kier molecular flexibility index (Phi) is 2.85. The van der Waals surface area contributed by atoms with E-state index in [1.54, 1.807) is 0 Å². The molecular formula is C12H14BrNO. The van der Waals surface area contributed by atoms with Crippen LogP contribution >= 0.6 is 15.9 Å². The highest BCUT2D eigenvalue weighted by atomic mass is 79.9. The van der Waals surface area contributed by atoms with Gasteiger partial charge in [0.2, 0.25) is 0 Å². The van der Waals surface area contributed by atoms with Gasteiger partial charge in [0.15, 0.2) is 0 Å². The molecule has 0 radical (unpaired) electrons. The number of benzene rings is 1. The standard InChI is InChI=1S/C12H14BrNO/c1-7(13)12(15)11-8(2)14-10-6-4-3-5-9(10)11/h3-7,12,14-15H,1-2H3. The second-order valence-corrected chi connectivity index (χ2v) is 5.28. The smallest absolute Gasteiger partial charge is 0.0935 e. The van der Waals surface area contributed by atoms with E-state index >= 15 is 0 Å². The Balaban J connectivity index is 2.63. The van der Waals surface area contributed by atoms with Gasteiger partial charge in [-0.25, -0.2) is 0 Å². The molecule has 2 aromatic rings. The molecule has 80 valence electrons. The molecule has 2 rings (SSSR count). The number of para-hydroxylation sites is 1. The molecule has 1 aromatic carbocycles. The minimum absolute atomic E-state index is 0.0513. The van der Waals surface area contributed by atoms with Crippen molar-refractivity contribution in [3.05, 3.63) is 35.5 Å². The summed E-state index contributed by atoms with van der Waals surface area (Å²) in [7, 11) is 0. The molecule has 0 saturated carbocycles. The maximum absolute atomic E-state index is 10.1. The molecule has 0 fully saturated rings. The van der Waals surface area contributed by atoms with Crippen molar-refractivity contribution in [2.75, 3.05) is 0 Å². The van der Waals surface area contributed by atoms with Crippen molar-refractivity contribution in [3.63, 3.8) is 0 Å². The Morgan fingerprint density at radius 2 is 2.00 bits per heavy atom. The van der Waals surface area contributed by atoms with Crippen molar-refractivity contribution in [2.45, 2.75) is 24.8 Å². The van der Waals surface area contributed by atoms with E-state index in [2.05, 4.69) is 20.9 Å². The Bertz CT molecular complexity index is 475. The number of hydrogen-bond donors (Lipinski definition) is 2. The molecule has 0 amide bonds. The number of halogens is 1. The summed E-state index contributed by atoms with van der Waals surface area (Å²) in [5.41, 5.74) is 3.11. The summed E-state index contributed by atoms with van der Waals surface area (Å²) in [6.45, 7) is 3.94. The van der Waals surface area contributed by atoms with Crippen molar-refractivity contribution in [3.8, 4) is 0 Å². The third kappa shape index (κ3) is 1.82. The number of aromatic nitrogens is 1.